The average Bonchev–Trinajstić information content (AvgIpc) is 2.16. The van der Waals surface area contributed by atoms with Gasteiger partial charge in [-0.15, -0.1) is 0 Å². The second kappa shape index (κ2) is 4.22. The van der Waals surface area contributed by atoms with Crippen LogP contribution in [0.15, 0.2) is 6.07 Å². The van der Waals surface area contributed by atoms with Gasteiger partial charge in [-0.2, -0.15) is 4.39 Å². The van der Waals surface area contributed by atoms with Crippen molar-refractivity contribution in [3.05, 3.63) is 33.4 Å². The van der Waals surface area contributed by atoms with E-state index >= 15 is 0 Å². The lowest BCUT2D eigenvalue weighted by molar-refractivity contribution is -0.386. The molecule has 0 saturated carbocycles. The number of nitrogens with zero attached hydrogens (tertiary/aromatic N) is 2. The van der Waals surface area contributed by atoms with Gasteiger partial charge in [-0.3, -0.25) is 10.1 Å². The third kappa shape index (κ3) is 2.21. The van der Waals surface area contributed by atoms with Crippen molar-refractivity contribution in [2.45, 2.75) is 13.0 Å². The van der Waals surface area contributed by atoms with Crippen LogP contribution >= 0.6 is 0 Å². The van der Waals surface area contributed by atoms with Crippen LogP contribution in [0, 0.1) is 16.1 Å². The normalized spacial score (nSPS) is 10.7. The molecule has 0 bridgehead atoms. The second-order valence-electron chi connectivity index (χ2n) is 2.60. The Hall–Kier alpha value is -1.70. The highest BCUT2D eigenvalue weighted by Gasteiger charge is 2.26. The third-order valence-electron chi connectivity index (χ3n) is 1.68. The van der Waals surface area contributed by atoms with E-state index in [1.165, 1.54) is 0 Å². The summed E-state index contributed by atoms with van der Waals surface area (Å²) < 4.78 is 37.4. The molecule has 0 saturated heterocycles. The van der Waals surface area contributed by atoms with Crippen LogP contribution in [0.2, 0.25) is 0 Å². The molecule has 1 heterocycles. The Morgan fingerprint density at radius 3 is 2.60 bits per heavy atom. The lowest BCUT2D eigenvalue weighted by atomic mass is 10.2. The molecule has 1 aromatic heterocycles. The number of nitro groups is 1. The third-order valence-corrected chi connectivity index (χ3v) is 1.68. The van der Waals surface area contributed by atoms with Gasteiger partial charge in [0.1, 0.15) is 0 Å². The largest absolute Gasteiger partial charge is 0.326 e. The van der Waals surface area contributed by atoms with Crippen LogP contribution in [-0.2, 0) is 6.54 Å². The van der Waals surface area contributed by atoms with E-state index in [9.17, 15) is 23.3 Å². The Bertz CT molecular complexity index is 397. The second-order valence-corrected chi connectivity index (χ2v) is 2.60. The van der Waals surface area contributed by atoms with E-state index in [0.29, 0.717) is 6.07 Å². The smallest absolute Gasteiger partial charge is 0.297 e. The van der Waals surface area contributed by atoms with Gasteiger partial charge in [-0.1, -0.05) is 0 Å². The molecule has 82 valence electrons. The topological polar surface area (TPSA) is 82.0 Å². The van der Waals surface area contributed by atoms with Gasteiger partial charge in [0.05, 0.1) is 4.92 Å². The minimum atomic E-state index is -3.20. The minimum absolute atomic E-state index is 0.272. The lowest BCUT2D eigenvalue weighted by Gasteiger charge is -2.03. The molecule has 2 N–H and O–H groups in total. The van der Waals surface area contributed by atoms with Crippen molar-refractivity contribution in [2.24, 2.45) is 5.73 Å². The van der Waals surface area contributed by atoms with Crippen LogP contribution in [0.3, 0.4) is 0 Å². The molecule has 0 aliphatic heterocycles. The molecule has 15 heavy (non-hydrogen) atoms. The quantitative estimate of drug-likeness (QED) is 0.476. The van der Waals surface area contributed by atoms with Crippen molar-refractivity contribution in [1.82, 2.24) is 4.98 Å². The van der Waals surface area contributed by atoms with Gasteiger partial charge in [-0.05, 0) is 0 Å². The summed E-state index contributed by atoms with van der Waals surface area (Å²) in [6, 6.07) is 0.670. The fourth-order valence-electron chi connectivity index (χ4n) is 0.983. The number of nitrogens with two attached hydrogens (primary N) is 1. The van der Waals surface area contributed by atoms with Crippen molar-refractivity contribution in [2.75, 3.05) is 0 Å². The monoisotopic (exact) mass is 221 g/mol. The molecule has 0 aliphatic rings. The molecule has 0 aromatic carbocycles. The summed E-state index contributed by atoms with van der Waals surface area (Å²) in [4.78, 5) is 12.2. The molecule has 0 spiro atoms. The highest BCUT2D eigenvalue weighted by Crippen LogP contribution is 2.28. The number of hydrogen-bond acceptors (Lipinski definition) is 4. The summed E-state index contributed by atoms with van der Waals surface area (Å²) >= 11 is 0. The molecule has 0 unspecified atom stereocenters. The van der Waals surface area contributed by atoms with Gasteiger partial charge < -0.3 is 5.73 Å². The number of aromatic nitrogens is 1. The Balaban J connectivity index is 3.39. The Morgan fingerprint density at radius 2 is 2.20 bits per heavy atom. The highest BCUT2D eigenvalue weighted by atomic mass is 19.3. The van der Waals surface area contributed by atoms with E-state index in [1.54, 1.807) is 0 Å². The maximum absolute atomic E-state index is 12.9. The first-order valence-corrected chi connectivity index (χ1v) is 3.79. The molecular weight excluding hydrogens is 215 g/mol. The molecule has 8 heteroatoms. The van der Waals surface area contributed by atoms with Gasteiger partial charge in [0.2, 0.25) is 5.95 Å². The first kappa shape index (κ1) is 11.4. The highest BCUT2D eigenvalue weighted by molar-refractivity contribution is 5.39. The summed E-state index contributed by atoms with van der Waals surface area (Å²) in [6.07, 6.45) is -3.20. The fourth-order valence-corrected chi connectivity index (χ4v) is 0.983. The van der Waals surface area contributed by atoms with E-state index in [0.717, 1.165) is 0 Å². The molecule has 5 nitrogen and oxygen atoms in total. The van der Waals surface area contributed by atoms with E-state index in [1.807, 2.05) is 0 Å². The Morgan fingerprint density at radius 1 is 1.60 bits per heavy atom. The molecule has 0 aliphatic carbocycles. The van der Waals surface area contributed by atoms with Crippen molar-refractivity contribution in [1.29, 1.82) is 0 Å². The zero-order chi connectivity index (χ0) is 11.6. The average molecular weight is 221 g/mol. The maximum Gasteiger partial charge on any atom is 0.297 e. The van der Waals surface area contributed by atoms with E-state index in [4.69, 9.17) is 5.73 Å². The number of rotatable bonds is 3. The molecule has 0 fully saturated rings. The standard InChI is InChI=1S/C7H6F3N3O2/c8-6(9)5-4(13(14)15)1-3(2-11)7(10)12-5/h1,6H,2,11H2. The van der Waals surface area contributed by atoms with Gasteiger partial charge >= 0.3 is 0 Å². The van der Waals surface area contributed by atoms with Crippen LogP contribution in [0.4, 0.5) is 18.9 Å². The number of halogens is 3. The first-order chi connectivity index (χ1) is 6.97. The van der Waals surface area contributed by atoms with E-state index in [2.05, 4.69) is 4.98 Å². The summed E-state index contributed by atoms with van der Waals surface area (Å²) in [6.45, 7) is -0.344. The number of pyridine rings is 1. The molecule has 0 amide bonds. The fraction of sp³-hybridized carbons (Fsp3) is 0.286. The van der Waals surface area contributed by atoms with E-state index in [-0.39, 0.29) is 12.1 Å². The van der Waals surface area contributed by atoms with Gasteiger partial charge in [-0.25, -0.2) is 13.8 Å². The predicted octanol–water partition coefficient (Wildman–Crippen LogP) is 1.53. The molecule has 0 atom stereocenters. The zero-order valence-electron chi connectivity index (χ0n) is 7.28. The van der Waals surface area contributed by atoms with Crippen molar-refractivity contribution < 1.29 is 18.1 Å². The lowest BCUT2D eigenvalue weighted by Crippen LogP contribution is -2.07. The summed E-state index contributed by atoms with van der Waals surface area (Å²) in [5.41, 5.74) is 2.67. The van der Waals surface area contributed by atoms with Crippen LogP contribution < -0.4 is 5.73 Å². The van der Waals surface area contributed by atoms with Gasteiger partial charge in [0, 0.05) is 18.2 Å². The van der Waals surface area contributed by atoms with Gasteiger partial charge in [0.25, 0.3) is 12.1 Å². The van der Waals surface area contributed by atoms with Crippen molar-refractivity contribution in [3.8, 4) is 0 Å². The van der Waals surface area contributed by atoms with Crippen molar-refractivity contribution in [3.63, 3.8) is 0 Å². The van der Waals surface area contributed by atoms with Crippen LogP contribution in [-0.4, -0.2) is 9.91 Å². The molecule has 0 radical (unpaired) electrons. The maximum atomic E-state index is 12.9. The number of alkyl halides is 2. The molecular formula is C7H6F3N3O2. The van der Waals surface area contributed by atoms with Crippen LogP contribution in [0.1, 0.15) is 17.7 Å². The summed E-state index contributed by atoms with van der Waals surface area (Å²) in [5.74, 6) is -1.21. The summed E-state index contributed by atoms with van der Waals surface area (Å²) in [7, 11) is 0. The van der Waals surface area contributed by atoms with Crippen LogP contribution in [0.5, 0.6) is 0 Å². The van der Waals surface area contributed by atoms with Crippen LogP contribution in [0.25, 0.3) is 0 Å². The molecule has 1 aromatic rings. The van der Waals surface area contributed by atoms with Crippen molar-refractivity contribution >= 4 is 5.69 Å². The first-order valence-electron chi connectivity index (χ1n) is 3.79. The van der Waals surface area contributed by atoms with Gasteiger partial charge in [0.15, 0.2) is 5.69 Å². The Kier molecular flexibility index (Phi) is 3.20. The number of hydrogen-bond donors (Lipinski definition) is 1. The Labute approximate surface area is 81.9 Å². The zero-order valence-corrected chi connectivity index (χ0v) is 7.28. The van der Waals surface area contributed by atoms with E-state index < -0.39 is 28.7 Å². The predicted molar refractivity (Wildman–Crippen MR) is 43.7 cm³/mol. The molecule has 1 rings (SSSR count). The SMILES string of the molecule is NCc1cc([N+](=O)[O-])c(C(F)F)nc1F. The minimum Gasteiger partial charge on any atom is -0.326 e. The summed E-state index contributed by atoms with van der Waals surface area (Å²) in [5, 5.41) is 10.4.